The predicted molar refractivity (Wildman–Crippen MR) is 153 cm³/mol. The van der Waals surface area contributed by atoms with Gasteiger partial charge >= 0.3 is 0 Å². The quantitative estimate of drug-likeness (QED) is 0.365. The largest absolute Gasteiger partial charge is 0.497 e. The lowest BCUT2D eigenvalue weighted by molar-refractivity contribution is -0.121. The Labute approximate surface area is 234 Å². The maximum Gasteiger partial charge on any atom is 0.247 e. The average molecular weight is 573 g/mol. The summed E-state index contributed by atoms with van der Waals surface area (Å²) >= 11 is 1.50. The van der Waals surface area contributed by atoms with E-state index in [9.17, 15) is 13.2 Å². The molecule has 0 saturated carbocycles. The summed E-state index contributed by atoms with van der Waals surface area (Å²) in [6.45, 7) is 6.95. The topological polar surface area (TPSA) is 92.3 Å². The van der Waals surface area contributed by atoms with Gasteiger partial charge in [0, 0.05) is 32.7 Å². The van der Waals surface area contributed by atoms with Gasteiger partial charge < -0.3 is 9.47 Å². The van der Waals surface area contributed by atoms with Crippen molar-refractivity contribution in [3.63, 3.8) is 0 Å². The van der Waals surface area contributed by atoms with Gasteiger partial charge in [0.15, 0.2) is 5.13 Å². The third-order valence-electron chi connectivity index (χ3n) is 7.46. The minimum Gasteiger partial charge on any atom is -0.497 e. The molecule has 0 aliphatic carbocycles. The van der Waals surface area contributed by atoms with Crippen molar-refractivity contribution in [1.82, 2.24) is 14.2 Å². The molecule has 2 fully saturated rings. The Morgan fingerprint density at radius 2 is 1.92 bits per heavy atom. The van der Waals surface area contributed by atoms with E-state index in [0.717, 1.165) is 55.9 Å². The normalized spacial score (nSPS) is 19.0. The summed E-state index contributed by atoms with van der Waals surface area (Å²) in [5.74, 6) is 0.373. The van der Waals surface area contributed by atoms with Crippen molar-refractivity contribution in [1.29, 1.82) is 0 Å². The number of amides is 1. The Hall–Kier alpha value is -2.57. The molecule has 1 aromatic heterocycles. The van der Waals surface area contributed by atoms with E-state index >= 15 is 0 Å². The van der Waals surface area contributed by atoms with Crippen LogP contribution >= 0.6 is 11.3 Å². The van der Waals surface area contributed by atoms with Crippen molar-refractivity contribution in [2.24, 2.45) is 0 Å². The molecule has 2 aliphatic rings. The Kier molecular flexibility index (Phi) is 8.82. The van der Waals surface area contributed by atoms with E-state index < -0.39 is 16.1 Å². The first-order valence-corrected chi connectivity index (χ1v) is 15.8. The first-order chi connectivity index (χ1) is 18.9. The Morgan fingerprint density at radius 1 is 1.15 bits per heavy atom. The second-order valence-corrected chi connectivity index (χ2v) is 12.8. The third kappa shape index (κ3) is 6.12. The molecular weight excluding hydrogens is 536 g/mol. The van der Waals surface area contributed by atoms with Crippen LogP contribution in [-0.4, -0.2) is 87.6 Å². The van der Waals surface area contributed by atoms with Crippen molar-refractivity contribution in [2.75, 3.05) is 57.9 Å². The highest BCUT2D eigenvalue weighted by Gasteiger charge is 2.42. The van der Waals surface area contributed by atoms with Gasteiger partial charge in [0.2, 0.25) is 15.9 Å². The number of carbonyl (C=O) groups is 1. The lowest BCUT2D eigenvalue weighted by Crippen LogP contribution is -2.48. The molecule has 3 heterocycles. The first kappa shape index (κ1) is 28.0. The van der Waals surface area contributed by atoms with Crippen molar-refractivity contribution >= 4 is 42.6 Å². The SMILES string of the molecule is CCc1ccc2nc(N(CCCN3CCOCC3)C(=O)C3CCCN3S(=O)(=O)c3ccc(OC)cc3)sc2c1. The highest BCUT2D eigenvalue weighted by Crippen LogP contribution is 2.33. The fourth-order valence-corrected chi connectivity index (χ4v) is 7.92. The van der Waals surface area contributed by atoms with Crippen LogP contribution in [0.3, 0.4) is 0 Å². The summed E-state index contributed by atoms with van der Waals surface area (Å²) in [6.07, 6.45) is 2.80. The molecule has 1 atom stereocenters. The van der Waals surface area contributed by atoms with Gasteiger partial charge in [0.1, 0.15) is 11.8 Å². The molecule has 0 spiro atoms. The van der Waals surface area contributed by atoms with E-state index in [2.05, 4.69) is 24.0 Å². The highest BCUT2D eigenvalue weighted by molar-refractivity contribution is 7.89. The van der Waals surface area contributed by atoms with Gasteiger partial charge in [0.05, 0.1) is 35.4 Å². The fourth-order valence-electron chi connectivity index (χ4n) is 5.21. The maximum atomic E-state index is 14.1. The number of carbonyl (C=O) groups excluding carboxylic acids is 1. The molecule has 39 heavy (non-hydrogen) atoms. The minimum absolute atomic E-state index is 0.161. The molecule has 11 heteroatoms. The number of ether oxygens (including phenoxy) is 2. The summed E-state index contributed by atoms with van der Waals surface area (Å²) in [5.41, 5.74) is 2.07. The average Bonchev–Trinajstić information content (AvgIpc) is 3.63. The van der Waals surface area contributed by atoms with Crippen LogP contribution in [0.25, 0.3) is 10.2 Å². The van der Waals surface area contributed by atoms with Crippen molar-refractivity contribution in [2.45, 2.75) is 43.5 Å². The summed E-state index contributed by atoms with van der Waals surface area (Å²) in [7, 11) is -2.31. The van der Waals surface area contributed by atoms with Crippen LogP contribution in [0.4, 0.5) is 5.13 Å². The number of fused-ring (bicyclic) bond motifs is 1. The van der Waals surface area contributed by atoms with Gasteiger partial charge in [-0.05, 0) is 67.6 Å². The first-order valence-electron chi connectivity index (χ1n) is 13.6. The van der Waals surface area contributed by atoms with Crippen LogP contribution in [0.15, 0.2) is 47.4 Å². The molecule has 210 valence electrons. The van der Waals surface area contributed by atoms with Crippen LogP contribution in [-0.2, 0) is 26.0 Å². The number of anilines is 1. The molecule has 0 N–H and O–H groups in total. The number of hydrogen-bond acceptors (Lipinski definition) is 8. The van der Waals surface area contributed by atoms with Crippen LogP contribution in [0.2, 0.25) is 0 Å². The summed E-state index contributed by atoms with van der Waals surface area (Å²) < 4.78 is 40.3. The Balaban J connectivity index is 1.41. The zero-order valence-electron chi connectivity index (χ0n) is 22.5. The molecule has 1 amide bonds. The number of methoxy groups -OCH3 is 1. The second-order valence-electron chi connectivity index (χ2n) is 9.90. The van der Waals surface area contributed by atoms with E-state index in [0.29, 0.717) is 36.8 Å². The summed E-state index contributed by atoms with van der Waals surface area (Å²) in [5, 5.41) is 0.624. The van der Waals surface area contributed by atoms with E-state index in [1.54, 1.807) is 17.0 Å². The molecule has 5 rings (SSSR count). The number of sulfonamides is 1. The molecule has 0 radical (unpaired) electrons. The highest BCUT2D eigenvalue weighted by atomic mass is 32.2. The lowest BCUT2D eigenvalue weighted by Gasteiger charge is -2.30. The van der Waals surface area contributed by atoms with E-state index in [1.807, 2.05) is 6.07 Å². The van der Waals surface area contributed by atoms with Crippen molar-refractivity contribution < 1.29 is 22.7 Å². The van der Waals surface area contributed by atoms with Gasteiger partial charge in [0.25, 0.3) is 0 Å². The zero-order chi connectivity index (χ0) is 27.4. The maximum absolute atomic E-state index is 14.1. The summed E-state index contributed by atoms with van der Waals surface area (Å²) in [6, 6.07) is 11.8. The lowest BCUT2D eigenvalue weighted by atomic mass is 10.2. The molecule has 9 nitrogen and oxygen atoms in total. The molecular formula is C28H36N4O5S2. The van der Waals surface area contributed by atoms with Crippen LogP contribution < -0.4 is 9.64 Å². The minimum atomic E-state index is -3.85. The second kappa shape index (κ2) is 12.3. The zero-order valence-corrected chi connectivity index (χ0v) is 24.2. The van der Waals surface area contributed by atoms with Crippen LogP contribution in [0, 0.1) is 0 Å². The van der Waals surface area contributed by atoms with E-state index in [4.69, 9.17) is 14.5 Å². The number of hydrogen-bond donors (Lipinski definition) is 0. The van der Waals surface area contributed by atoms with Gasteiger partial charge in [-0.2, -0.15) is 4.31 Å². The number of benzene rings is 2. The molecule has 1 unspecified atom stereocenters. The van der Waals surface area contributed by atoms with Gasteiger partial charge in [-0.25, -0.2) is 13.4 Å². The predicted octanol–water partition coefficient (Wildman–Crippen LogP) is 3.78. The van der Waals surface area contributed by atoms with Crippen molar-refractivity contribution in [3.05, 3.63) is 48.0 Å². The van der Waals surface area contributed by atoms with Crippen LogP contribution in [0.1, 0.15) is 31.7 Å². The third-order valence-corrected chi connectivity index (χ3v) is 10.4. The number of aryl methyl sites for hydroxylation is 1. The number of morpholine rings is 1. The molecule has 0 bridgehead atoms. The van der Waals surface area contributed by atoms with Crippen molar-refractivity contribution in [3.8, 4) is 5.75 Å². The smallest absolute Gasteiger partial charge is 0.247 e. The molecule has 2 aromatic carbocycles. The monoisotopic (exact) mass is 572 g/mol. The Bertz CT molecular complexity index is 1390. The fraction of sp³-hybridized carbons (Fsp3) is 0.500. The number of nitrogens with zero attached hydrogens (tertiary/aromatic N) is 4. The summed E-state index contributed by atoms with van der Waals surface area (Å²) in [4.78, 5) is 23.2. The number of rotatable bonds is 10. The number of thiazole rings is 1. The molecule has 3 aromatic rings. The Morgan fingerprint density at radius 3 is 2.64 bits per heavy atom. The van der Waals surface area contributed by atoms with Gasteiger partial charge in [-0.1, -0.05) is 24.3 Å². The standard InChI is InChI=1S/C28H36N4O5S2/c1-3-21-7-12-24-26(20-21)38-28(29-24)31(14-5-13-30-16-18-37-19-17-30)27(33)25-6-4-15-32(25)39(34,35)23-10-8-22(36-2)9-11-23/h7-12,20,25H,3-6,13-19H2,1-2H3. The molecule has 2 aliphatic heterocycles. The number of aromatic nitrogens is 1. The van der Waals surface area contributed by atoms with E-state index in [-0.39, 0.29) is 10.8 Å². The van der Waals surface area contributed by atoms with Gasteiger partial charge in [-0.15, -0.1) is 0 Å². The van der Waals surface area contributed by atoms with Gasteiger partial charge in [-0.3, -0.25) is 14.6 Å². The molecule has 2 saturated heterocycles. The van der Waals surface area contributed by atoms with E-state index in [1.165, 1.54) is 40.4 Å². The van der Waals surface area contributed by atoms with Crippen LogP contribution in [0.5, 0.6) is 5.75 Å².